The molecular weight excluding hydrogens is 564 g/mol. The van der Waals surface area contributed by atoms with Crippen LogP contribution in [0.1, 0.15) is 22.5 Å². The molecule has 11 heteroatoms. The molecule has 0 aliphatic heterocycles. The number of aromatic nitrogens is 1. The van der Waals surface area contributed by atoms with Gasteiger partial charge in [-0.25, -0.2) is 13.8 Å². The highest BCUT2D eigenvalue weighted by Crippen LogP contribution is 2.35. The van der Waals surface area contributed by atoms with Crippen LogP contribution in [-0.2, 0) is 14.8 Å². The Morgan fingerprint density at radius 3 is 2.37 bits per heavy atom. The van der Waals surface area contributed by atoms with Crippen LogP contribution in [0.25, 0.3) is 5.69 Å². The molecular formula is C30H31ClN4O5S. The summed E-state index contributed by atoms with van der Waals surface area (Å²) >= 11 is 6.40. The molecule has 0 unspecified atom stereocenters. The molecule has 1 heterocycles. The first kappa shape index (κ1) is 29.7. The maximum Gasteiger partial charge on any atom is 0.264 e. The molecule has 214 valence electrons. The van der Waals surface area contributed by atoms with Crippen LogP contribution >= 0.6 is 11.6 Å². The number of nitrogens with one attached hydrogen (secondary N) is 1. The van der Waals surface area contributed by atoms with Gasteiger partial charge in [0.05, 0.1) is 41.7 Å². The van der Waals surface area contributed by atoms with Gasteiger partial charge in [-0.05, 0) is 63.2 Å². The van der Waals surface area contributed by atoms with Gasteiger partial charge < -0.3 is 14.0 Å². The van der Waals surface area contributed by atoms with E-state index in [1.807, 2.05) is 55.7 Å². The number of carbonyl (C=O) groups excluding carboxylic acids is 1. The summed E-state index contributed by atoms with van der Waals surface area (Å²) in [6.07, 6.45) is 1.51. The van der Waals surface area contributed by atoms with E-state index >= 15 is 0 Å². The van der Waals surface area contributed by atoms with E-state index in [1.165, 1.54) is 38.6 Å². The first-order valence-corrected chi connectivity index (χ1v) is 14.5. The molecule has 0 bridgehead atoms. The Morgan fingerprint density at radius 2 is 1.71 bits per heavy atom. The molecule has 0 atom stereocenters. The van der Waals surface area contributed by atoms with E-state index in [4.69, 9.17) is 21.1 Å². The molecule has 0 aliphatic carbocycles. The summed E-state index contributed by atoms with van der Waals surface area (Å²) in [4.78, 5) is 13.1. The third-order valence-electron chi connectivity index (χ3n) is 6.51. The van der Waals surface area contributed by atoms with Crippen LogP contribution in [0, 0.1) is 20.8 Å². The third-order valence-corrected chi connectivity index (χ3v) is 8.60. The maximum absolute atomic E-state index is 13.8. The van der Waals surface area contributed by atoms with Gasteiger partial charge in [-0.2, -0.15) is 5.10 Å². The summed E-state index contributed by atoms with van der Waals surface area (Å²) < 4.78 is 41.2. The lowest BCUT2D eigenvalue weighted by molar-refractivity contribution is -0.119. The van der Waals surface area contributed by atoms with Gasteiger partial charge in [-0.15, -0.1) is 0 Å². The number of hydrogen-bond donors (Lipinski definition) is 1. The van der Waals surface area contributed by atoms with Gasteiger partial charge in [0.1, 0.15) is 18.0 Å². The number of anilines is 1. The lowest BCUT2D eigenvalue weighted by Gasteiger charge is -2.25. The predicted molar refractivity (Wildman–Crippen MR) is 161 cm³/mol. The second-order valence-electron chi connectivity index (χ2n) is 9.27. The highest BCUT2D eigenvalue weighted by Gasteiger charge is 2.29. The zero-order chi connectivity index (χ0) is 29.7. The van der Waals surface area contributed by atoms with Crippen molar-refractivity contribution in [3.8, 4) is 17.2 Å². The Kier molecular flexibility index (Phi) is 9.05. The quantitative estimate of drug-likeness (QED) is 0.195. The Bertz CT molecular complexity index is 1700. The van der Waals surface area contributed by atoms with Crippen molar-refractivity contribution in [2.45, 2.75) is 25.7 Å². The number of benzene rings is 3. The van der Waals surface area contributed by atoms with Gasteiger partial charge in [-0.1, -0.05) is 41.4 Å². The van der Waals surface area contributed by atoms with Gasteiger partial charge in [0.15, 0.2) is 0 Å². The van der Waals surface area contributed by atoms with Crippen LogP contribution in [0.15, 0.2) is 82.8 Å². The molecule has 41 heavy (non-hydrogen) atoms. The minimum atomic E-state index is -4.16. The number of aryl methyl sites for hydroxylation is 2. The molecule has 4 aromatic rings. The van der Waals surface area contributed by atoms with Crippen molar-refractivity contribution in [1.82, 2.24) is 9.99 Å². The minimum Gasteiger partial charge on any atom is -0.497 e. The van der Waals surface area contributed by atoms with Gasteiger partial charge in [0.2, 0.25) is 0 Å². The fraction of sp³-hybridized carbons (Fsp3) is 0.200. The Hall–Kier alpha value is -4.28. The molecule has 1 amide bonds. The maximum atomic E-state index is 13.8. The van der Waals surface area contributed by atoms with Crippen molar-refractivity contribution in [2.24, 2.45) is 5.10 Å². The summed E-state index contributed by atoms with van der Waals surface area (Å²) in [7, 11) is -1.25. The normalized spacial score (nSPS) is 11.5. The number of para-hydroxylation sites is 1. The first-order valence-electron chi connectivity index (χ1n) is 12.6. The van der Waals surface area contributed by atoms with Gasteiger partial charge >= 0.3 is 0 Å². The molecule has 0 saturated carbocycles. The summed E-state index contributed by atoms with van der Waals surface area (Å²) in [6, 6.07) is 20.5. The smallest absolute Gasteiger partial charge is 0.264 e. The van der Waals surface area contributed by atoms with Crippen molar-refractivity contribution < 1.29 is 22.7 Å². The monoisotopic (exact) mass is 594 g/mol. The Morgan fingerprint density at radius 1 is 1.00 bits per heavy atom. The Labute approximate surface area is 245 Å². The van der Waals surface area contributed by atoms with Gasteiger partial charge in [0.25, 0.3) is 15.9 Å². The average Bonchev–Trinajstić information content (AvgIpc) is 3.24. The number of methoxy groups -OCH3 is 2. The zero-order valence-corrected chi connectivity index (χ0v) is 25.0. The summed E-state index contributed by atoms with van der Waals surface area (Å²) in [5.74, 6) is 0.0554. The largest absolute Gasteiger partial charge is 0.497 e. The van der Waals surface area contributed by atoms with E-state index in [0.29, 0.717) is 10.8 Å². The highest BCUT2D eigenvalue weighted by atomic mass is 35.5. The average molecular weight is 595 g/mol. The van der Waals surface area contributed by atoms with Crippen LogP contribution in [0.3, 0.4) is 0 Å². The number of halogens is 1. The lowest BCUT2D eigenvalue weighted by atomic mass is 10.2. The fourth-order valence-electron chi connectivity index (χ4n) is 4.39. The van der Waals surface area contributed by atoms with Crippen molar-refractivity contribution in [2.75, 3.05) is 25.1 Å². The van der Waals surface area contributed by atoms with E-state index in [1.54, 1.807) is 24.3 Å². The standard InChI is InChI=1S/C30H31ClN4O5S/c1-20-10-13-25(14-11-20)41(37,38)34(28-15-12-24(39-4)17-29(28)40-5)19-30(36)33-32-18-23-16-21(2)35(22(23)3)27-9-7-6-8-26(27)31/h6-18H,19H2,1-5H3,(H,33,36)/b32-18-. The fourth-order valence-corrected chi connectivity index (χ4v) is 6.04. The summed E-state index contributed by atoms with van der Waals surface area (Å²) in [5, 5.41) is 4.72. The van der Waals surface area contributed by atoms with E-state index in [2.05, 4.69) is 10.5 Å². The van der Waals surface area contributed by atoms with Gasteiger partial charge in [-0.3, -0.25) is 9.10 Å². The first-order chi connectivity index (χ1) is 19.6. The number of sulfonamides is 1. The molecule has 0 saturated heterocycles. The Balaban J connectivity index is 1.62. The van der Waals surface area contributed by atoms with Gasteiger partial charge in [0, 0.05) is 23.0 Å². The number of nitrogens with zero attached hydrogens (tertiary/aromatic N) is 3. The molecule has 4 rings (SSSR count). The van der Waals surface area contributed by atoms with E-state index < -0.39 is 22.5 Å². The SMILES string of the molecule is COc1ccc(N(CC(=O)N/N=C\c2cc(C)n(-c3ccccc3Cl)c2C)S(=O)(=O)c2ccc(C)cc2)c(OC)c1. The van der Waals surface area contributed by atoms with E-state index in [0.717, 1.165) is 32.5 Å². The second-order valence-corrected chi connectivity index (χ2v) is 11.5. The molecule has 1 aromatic heterocycles. The molecule has 0 aliphatic rings. The molecule has 0 radical (unpaired) electrons. The number of amides is 1. The molecule has 1 N–H and O–H groups in total. The zero-order valence-electron chi connectivity index (χ0n) is 23.4. The number of carbonyl (C=O) groups is 1. The van der Waals surface area contributed by atoms with Crippen molar-refractivity contribution in [3.05, 3.63) is 100 Å². The van der Waals surface area contributed by atoms with Crippen LogP contribution in [0.5, 0.6) is 11.5 Å². The summed E-state index contributed by atoms with van der Waals surface area (Å²) in [5.41, 5.74) is 6.94. The molecule has 0 spiro atoms. The van der Waals surface area contributed by atoms with Crippen LogP contribution in [0.4, 0.5) is 5.69 Å². The number of ether oxygens (including phenoxy) is 2. The molecule has 3 aromatic carbocycles. The van der Waals surface area contributed by atoms with Crippen LogP contribution in [-0.4, -0.2) is 45.9 Å². The predicted octanol–water partition coefficient (Wildman–Crippen LogP) is 5.42. The van der Waals surface area contributed by atoms with Crippen LogP contribution < -0.4 is 19.2 Å². The lowest BCUT2D eigenvalue weighted by Crippen LogP contribution is -2.39. The van der Waals surface area contributed by atoms with E-state index in [-0.39, 0.29) is 16.3 Å². The number of hydrogen-bond acceptors (Lipinski definition) is 6. The number of hydrazone groups is 1. The molecule has 9 nitrogen and oxygen atoms in total. The third kappa shape index (κ3) is 6.39. The second kappa shape index (κ2) is 12.5. The topological polar surface area (TPSA) is 102 Å². The van der Waals surface area contributed by atoms with Crippen molar-refractivity contribution >= 4 is 39.4 Å². The van der Waals surface area contributed by atoms with Crippen LogP contribution in [0.2, 0.25) is 5.02 Å². The summed E-state index contributed by atoms with van der Waals surface area (Å²) in [6.45, 7) is 5.18. The number of rotatable bonds is 10. The van der Waals surface area contributed by atoms with E-state index in [9.17, 15) is 13.2 Å². The van der Waals surface area contributed by atoms with Crippen molar-refractivity contribution in [3.63, 3.8) is 0 Å². The molecule has 0 fully saturated rings. The highest BCUT2D eigenvalue weighted by molar-refractivity contribution is 7.92. The minimum absolute atomic E-state index is 0.0317. The van der Waals surface area contributed by atoms with Crippen molar-refractivity contribution in [1.29, 1.82) is 0 Å².